The molecule has 1 amide bonds. The van der Waals surface area contributed by atoms with Gasteiger partial charge in [-0.15, -0.1) is 0 Å². The molecule has 176 valence electrons. The van der Waals surface area contributed by atoms with Gasteiger partial charge in [-0.1, -0.05) is 0 Å². The second kappa shape index (κ2) is 7.93. The molecule has 6 N–H and O–H groups in total. The van der Waals surface area contributed by atoms with E-state index in [1.54, 1.807) is 20.2 Å². The van der Waals surface area contributed by atoms with Crippen LogP contribution in [0.3, 0.4) is 0 Å². The van der Waals surface area contributed by atoms with Gasteiger partial charge in [0.2, 0.25) is 5.91 Å². The Balaban J connectivity index is 1.89. The fourth-order valence-corrected chi connectivity index (χ4v) is 6.70. The average molecular weight is 569 g/mol. The minimum absolute atomic E-state index is 0.0259. The van der Waals surface area contributed by atoms with Gasteiger partial charge in [0, 0.05) is 21.6 Å². The number of carbonyl (C=O) groups is 5. The molecule has 0 heterocycles. The quantitative estimate of drug-likeness (QED) is 0.260. The van der Waals surface area contributed by atoms with Crippen molar-refractivity contribution in [3.05, 3.63) is 26.3 Å². The van der Waals surface area contributed by atoms with Crippen LogP contribution in [0.15, 0.2) is 6.07 Å². The number of nitrogens with zero attached hydrogens (tertiary/aromatic N) is 1. The molecule has 1 aromatic carbocycles. The molecule has 2 unspecified atom stereocenters. The molecule has 4 rings (SSSR count). The molecule has 2 fully saturated rings. The number of aromatic hydroxyl groups is 1. The molecule has 0 aliphatic heterocycles. The summed E-state index contributed by atoms with van der Waals surface area (Å²) in [6.07, 6.45) is 0.266. The number of hydrogen-bond acceptors (Lipinski definition) is 9. The molecule has 1 aromatic rings. The van der Waals surface area contributed by atoms with Crippen molar-refractivity contribution < 1.29 is 34.2 Å². The van der Waals surface area contributed by atoms with Gasteiger partial charge in [-0.2, -0.15) is 0 Å². The topological polar surface area (TPSA) is 181 Å². The lowest BCUT2D eigenvalue weighted by Crippen LogP contribution is -2.74. The molecular formula is C22H24IN3O7. The first-order valence-electron chi connectivity index (χ1n) is 10.5. The monoisotopic (exact) mass is 569 g/mol. The Morgan fingerprint density at radius 2 is 1.88 bits per heavy atom. The number of hydrogen-bond donors (Lipinski definition) is 4. The largest absolute Gasteiger partial charge is 0.507 e. The zero-order valence-corrected chi connectivity index (χ0v) is 20.2. The smallest absolute Gasteiger partial charge is 0.235 e. The number of primary amides is 1. The summed E-state index contributed by atoms with van der Waals surface area (Å²) in [5.74, 6) is -10.5. The summed E-state index contributed by atoms with van der Waals surface area (Å²) in [6.45, 7) is -0.0259. The first-order chi connectivity index (χ1) is 15.4. The van der Waals surface area contributed by atoms with E-state index < -0.39 is 64.4 Å². The van der Waals surface area contributed by atoms with Gasteiger partial charge in [0.15, 0.2) is 34.7 Å². The van der Waals surface area contributed by atoms with Gasteiger partial charge in [-0.3, -0.25) is 28.9 Å². The van der Waals surface area contributed by atoms with E-state index in [0.717, 1.165) is 0 Å². The van der Waals surface area contributed by atoms with Crippen LogP contribution in [0.2, 0.25) is 0 Å². The van der Waals surface area contributed by atoms with Crippen molar-refractivity contribution in [3.63, 3.8) is 0 Å². The van der Waals surface area contributed by atoms with Crippen molar-refractivity contribution in [2.45, 2.75) is 31.0 Å². The van der Waals surface area contributed by atoms with Crippen LogP contribution in [0, 0.1) is 27.2 Å². The maximum Gasteiger partial charge on any atom is 0.235 e. The lowest BCUT2D eigenvalue weighted by atomic mass is 9.52. The summed E-state index contributed by atoms with van der Waals surface area (Å²) in [4.78, 5) is 66.8. The van der Waals surface area contributed by atoms with E-state index in [2.05, 4.69) is 0 Å². The number of likely N-dealkylation sites (N-methyl/N-ethyl adjacent to an activating group) is 1. The molecule has 3 aliphatic carbocycles. The summed E-state index contributed by atoms with van der Waals surface area (Å²) in [7, 11) is 3.09. The molecule has 0 bridgehead atoms. The van der Waals surface area contributed by atoms with E-state index in [-0.39, 0.29) is 30.7 Å². The molecule has 0 saturated heterocycles. The number of nitrogens with two attached hydrogens (primary N) is 2. The summed E-state index contributed by atoms with van der Waals surface area (Å²) >= 11 is 2.04. The average Bonchev–Trinajstić information content (AvgIpc) is 2.72. The van der Waals surface area contributed by atoms with Gasteiger partial charge in [-0.25, -0.2) is 0 Å². The summed E-state index contributed by atoms with van der Waals surface area (Å²) < 4.78 is 0.703. The summed E-state index contributed by atoms with van der Waals surface area (Å²) in [5, 5.41) is 22.2. The van der Waals surface area contributed by atoms with E-state index in [0.29, 0.717) is 14.7 Å². The van der Waals surface area contributed by atoms with Gasteiger partial charge in [-0.05, 0) is 67.1 Å². The van der Waals surface area contributed by atoms with Crippen LogP contribution in [0.5, 0.6) is 5.75 Å². The lowest BCUT2D eigenvalue weighted by molar-refractivity contribution is -0.181. The predicted molar refractivity (Wildman–Crippen MR) is 122 cm³/mol. The van der Waals surface area contributed by atoms with Crippen molar-refractivity contribution in [2.24, 2.45) is 35.1 Å². The van der Waals surface area contributed by atoms with Gasteiger partial charge in [0.05, 0.1) is 17.5 Å². The fourth-order valence-electron chi connectivity index (χ4n) is 5.83. The number of benzene rings is 1. The van der Waals surface area contributed by atoms with Gasteiger partial charge < -0.3 is 21.7 Å². The first-order valence-corrected chi connectivity index (χ1v) is 11.5. The number of aliphatic hydroxyl groups is 1. The third-order valence-electron chi connectivity index (χ3n) is 7.31. The number of amides is 1. The maximum absolute atomic E-state index is 13.7. The van der Waals surface area contributed by atoms with Crippen LogP contribution < -0.4 is 11.5 Å². The molecule has 2 saturated carbocycles. The normalized spacial score (nSPS) is 33.6. The van der Waals surface area contributed by atoms with Crippen molar-refractivity contribution in [1.29, 1.82) is 0 Å². The second-order valence-electron chi connectivity index (χ2n) is 9.21. The lowest BCUT2D eigenvalue weighted by Gasteiger charge is -2.52. The highest BCUT2D eigenvalue weighted by Crippen LogP contribution is 2.51. The van der Waals surface area contributed by atoms with E-state index in [1.165, 1.54) is 4.90 Å². The highest BCUT2D eigenvalue weighted by atomic mass is 127. The Kier molecular flexibility index (Phi) is 5.75. The number of carbonyl (C=O) groups excluding carboxylic acids is 5. The molecule has 0 spiro atoms. The molecule has 3 aliphatic rings. The van der Waals surface area contributed by atoms with Gasteiger partial charge in [0.25, 0.3) is 0 Å². The maximum atomic E-state index is 13.7. The summed E-state index contributed by atoms with van der Waals surface area (Å²) in [5.41, 5.74) is 9.13. The van der Waals surface area contributed by atoms with Crippen molar-refractivity contribution in [1.82, 2.24) is 4.90 Å². The Labute approximate surface area is 202 Å². The molecule has 0 radical (unpaired) electrons. The number of phenolic OH excluding ortho intramolecular Hbond substituents is 1. The Morgan fingerprint density at radius 1 is 1.24 bits per heavy atom. The van der Waals surface area contributed by atoms with E-state index in [9.17, 15) is 34.2 Å². The van der Waals surface area contributed by atoms with Crippen LogP contribution >= 0.6 is 22.6 Å². The predicted octanol–water partition coefficient (Wildman–Crippen LogP) is -1.07. The van der Waals surface area contributed by atoms with Gasteiger partial charge >= 0.3 is 0 Å². The van der Waals surface area contributed by atoms with Crippen molar-refractivity contribution in [2.75, 3.05) is 14.1 Å². The fraction of sp³-hybridized carbons (Fsp3) is 0.500. The Bertz CT molecular complexity index is 1130. The van der Waals surface area contributed by atoms with E-state index in [1.807, 2.05) is 22.6 Å². The van der Waals surface area contributed by atoms with Crippen molar-refractivity contribution >= 4 is 51.6 Å². The number of Topliss-reactive ketones (excluding diaryl/α,β-unsaturated/α-hetero) is 4. The molecule has 10 nitrogen and oxygen atoms in total. The first kappa shape index (κ1) is 23.9. The number of rotatable bonds is 3. The highest BCUT2D eigenvalue weighted by molar-refractivity contribution is 14.1. The van der Waals surface area contributed by atoms with Crippen LogP contribution in [0.25, 0.3) is 0 Å². The van der Waals surface area contributed by atoms with Crippen LogP contribution in [-0.4, -0.2) is 69.9 Å². The van der Waals surface area contributed by atoms with E-state index >= 15 is 0 Å². The standard InChI is InChI=1S/C22H24IN3O7/c1-26(2)15-10-4-7-3-9-11(23)5-8(6-24)16(27)13(9)17(28)12(7)19(30)22(10,33)20(31)14(18(15)29)21(25)32/h5,7,10,12,14-15,27,33H,3-4,6,24H2,1-2H3,(H2,25,32)/t7-,10-,12?,14?,15-,22-/m0/s1. The number of ketones is 4. The zero-order valence-electron chi connectivity index (χ0n) is 18.0. The summed E-state index contributed by atoms with van der Waals surface area (Å²) in [6, 6.07) is 0.565. The molecule has 33 heavy (non-hydrogen) atoms. The number of halogens is 1. The molecule has 6 atom stereocenters. The van der Waals surface area contributed by atoms with Gasteiger partial charge in [0.1, 0.15) is 5.75 Å². The third-order valence-corrected chi connectivity index (χ3v) is 8.27. The second-order valence-corrected chi connectivity index (χ2v) is 10.4. The van der Waals surface area contributed by atoms with Crippen LogP contribution in [0.4, 0.5) is 0 Å². The molecule has 0 aromatic heterocycles. The Morgan fingerprint density at radius 3 is 2.42 bits per heavy atom. The Hall–Kier alpha value is -2.22. The highest BCUT2D eigenvalue weighted by Gasteiger charge is 2.69. The SMILES string of the molecule is CN(C)[C@@H]1C(=O)C(C(N)=O)C(=O)[C@@]2(O)C(=O)C3C(=O)c4c(O)c(CN)cc(I)c4C[C@H]3C[C@@H]12. The van der Waals surface area contributed by atoms with Crippen molar-refractivity contribution in [3.8, 4) is 5.75 Å². The number of phenols is 1. The third kappa shape index (κ3) is 3.12. The van der Waals surface area contributed by atoms with Crippen LogP contribution in [0.1, 0.15) is 27.9 Å². The van der Waals surface area contributed by atoms with Crippen LogP contribution in [-0.2, 0) is 32.1 Å². The molecular weight excluding hydrogens is 545 g/mol. The number of fused-ring (bicyclic) bond motifs is 3. The zero-order chi connectivity index (χ0) is 24.6. The van der Waals surface area contributed by atoms with E-state index in [4.69, 9.17) is 11.5 Å². The minimum atomic E-state index is -2.72. The molecule has 11 heteroatoms. The minimum Gasteiger partial charge on any atom is -0.507 e.